The van der Waals surface area contributed by atoms with Crippen LogP contribution in [-0.2, 0) is 19.1 Å². The molecule has 0 aromatic carbocycles. The minimum absolute atomic E-state index is 0.00166. The Bertz CT molecular complexity index is 770. The fraction of sp³-hybridized carbons (Fsp3) is 0.720. The molecule has 32 heavy (non-hydrogen) atoms. The van der Waals surface area contributed by atoms with E-state index in [0.717, 1.165) is 12.5 Å². The molecule has 0 heterocycles. The smallest absolute Gasteiger partial charge is 0.328 e. The molecule has 3 N–H and O–H groups in total. The number of ketones is 1. The van der Waals surface area contributed by atoms with Gasteiger partial charge >= 0.3 is 11.9 Å². The number of carboxylic acid groups (broad SMARTS) is 1. The highest BCUT2D eigenvalue weighted by Crippen LogP contribution is 2.56. The van der Waals surface area contributed by atoms with Gasteiger partial charge in [0.05, 0.1) is 12.5 Å². The second-order valence-electron chi connectivity index (χ2n) is 9.82. The Balaban J connectivity index is 2.41. The van der Waals surface area contributed by atoms with Crippen molar-refractivity contribution in [2.75, 3.05) is 6.61 Å². The van der Waals surface area contributed by atoms with E-state index in [9.17, 15) is 24.6 Å². The van der Waals surface area contributed by atoms with Crippen molar-refractivity contribution < 1.29 is 34.4 Å². The largest absolute Gasteiger partial charge is 0.478 e. The number of aliphatic hydroxyl groups is 2. The number of aliphatic carboxylic acids is 1. The quantitative estimate of drug-likeness (QED) is 0.280. The van der Waals surface area contributed by atoms with Crippen molar-refractivity contribution in [1.29, 1.82) is 0 Å². The monoisotopic (exact) mass is 450 g/mol. The molecule has 0 radical (unpaired) electrons. The minimum atomic E-state index is -1.13. The van der Waals surface area contributed by atoms with Gasteiger partial charge in [-0.1, -0.05) is 51.8 Å². The van der Waals surface area contributed by atoms with Crippen molar-refractivity contribution in [3.63, 3.8) is 0 Å². The molecule has 0 spiro atoms. The molecule has 0 aromatic heterocycles. The number of hydrogen-bond acceptors (Lipinski definition) is 6. The molecule has 0 aliphatic heterocycles. The number of carbonyl (C=O) groups excluding carboxylic acids is 2. The summed E-state index contributed by atoms with van der Waals surface area (Å²) in [5.74, 6) is -1.96. The highest BCUT2D eigenvalue weighted by atomic mass is 16.6. The number of carboxylic acids is 1. The standard InChI is InChI=1S/C25H38O7/c1-6-15(3)18-8-7-17-23(25(18,5)20(28)9-10-26)16(4)13-19(27)24(17)32-22(31)12-14(2)11-21(29)30/h7-8,11,15-19,23-24,26-27H,6,9-10,12-13H2,1-5H3,(H,29,30)/b14-11-/t15-,16-,17-,18-,19-,23+,24+,25-/m1/s1. The first-order valence-corrected chi connectivity index (χ1v) is 11.6. The number of allylic oxidation sites excluding steroid dienone is 1. The highest BCUT2D eigenvalue weighted by Gasteiger charge is 2.58. The van der Waals surface area contributed by atoms with Crippen LogP contribution in [0.4, 0.5) is 0 Å². The van der Waals surface area contributed by atoms with E-state index in [4.69, 9.17) is 9.84 Å². The molecule has 8 atom stereocenters. The number of fused-ring (bicyclic) bond motifs is 1. The number of ether oxygens (including phenoxy) is 1. The molecule has 180 valence electrons. The molecule has 0 unspecified atom stereocenters. The molecule has 1 fully saturated rings. The second-order valence-corrected chi connectivity index (χ2v) is 9.82. The van der Waals surface area contributed by atoms with Crippen LogP contribution < -0.4 is 0 Å². The summed E-state index contributed by atoms with van der Waals surface area (Å²) in [6, 6.07) is 0. The van der Waals surface area contributed by atoms with Gasteiger partial charge in [-0.25, -0.2) is 4.79 Å². The number of rotatable bonds is 9. The number of hydrogen-bond donors (Lipinski definition) is 3. The van der Waals surface area contributed by atoms with Gasteiger partial charge in [0.25, 0.3) is 0 Å². The van der Waals surface area contributed by atoms with Crippen molar-refractivity contribution in [3.05, 3.63) is 23.8 Å². The molecular formula is C25H38O7. The molecule has 2 aliphatic carbocycles. The number of Topliss-reactive ketones (excluding diaryl/α,β-unsaturated/α-hetero) is 1. The first-order chi connectivity index (χ1) is 15.0. The number of esters is 1. The van der Waals surface area contributed by atoms with E-state index in [2.05, 4.69) is 13.8 Å². The van der Waals surface area contributed by atoms with Crippen molar-refractivity contribution >= 4 is 17.7 Å². The lowest BCUT2D eigenvalue weighted by molar-refractivity contribution is -0.177. The van der Waals surface area contributed by atoms with Crippen LogP contribution in [0.15, 0.2) is 23.8 Å². The normalized spacial score (nSPS) is 35.7. The lowest BCUT2D eigenvalue weighted by Crippen LogP contribution is -2.59. The van der Waals surface area contributed by atoms with Crippen LogP contribution in [0.2, 0.25) is 0 Å². The Morgan fingerprint density at radius 2 is 1.94 bits per heavy atom. The Hall–Kier alpha value is -1.99. The van der Waals surface area contributed by atoms with Crippen molar-refractivity contribution in [3.8, 4) is 0 Å². The molecule has 1 saturated carbocycles. The van der Waals surface area contributed by atoms with Crippen molar-refractivity contribution in [1.82, 2.24) is 0 Å². The first kappa shape index (κ1) is 26.3. The summed E-state index contributed by atoms with van der Waals surface area (Å²) in [5, 5.41) is 29.1. The predicted octanol–water partition coefficient (Wildman–Crippen LogP) is 3.14. The van der Waals surface area contributed by atoms with Gasteiger partial charge in [0.2, 0.25) is 0 Å². The average molecular weight is 451 g/mol. The maximum absolute atomic E-state index is 13.4. The van der Waals surface area contributed by atoms with E-state index in [1.807, 2.05) is 26.0 Å². The Kier molecular flexibility index (Phi) is 8.82. The predicted molar refractivity (Wildman–Crippen MR) is 120 cm³/mol. The zero-order valence-corrected chi connectivity index (χ0v) is 19.8. The summed E-state index contributed by atoms with van der Waals surface area (Å²) in [5.41, 5.74) is -0.391. The number of carbonyl (C=O) groups is 3. The Labute approximate surface area is 190 Å². The third kappa shape index (κ3) is 5.31. The van der Waals surface area contributed by atoms with Gasteiger partial charge < -0.3 is 20.1 Å². The zero-order valence-electron chi connectivity index (χ0n) is 19.8. The van der Waals surface area contributed by atoms with Gasteiger partial charge in [0.15, 0.2) is 0 Å². The van der Waals surface area contributed by atoms with Gasteiger partial charge in [-0.05, 0) is 37.0 Å². The van der Waals surface area contributed by atoms with E-state index < -0.39 is 29.6 Å². The van der Waals surface area contributed by atoms with Crippen LogP contribution in [-0.4, -0.2) is 51.9 Å². The fourth-order valence-corrected chi connectivity index (χ4v) is 6.01. The van der Waals surface area contributed by atoms with Gasteiger partial charge in [-0.3, -0.25) is 9.59 Å². The lowest BCUT2D eigenvalue weighted by Gasteiger charge is -2.56. The molecule has 0 aromatic rings. The van der Waals surface area contributed by atoms with Crippen molar-refractivity contribution in [2.24, 2.45) is 35.0 Å². The Morgan fingerprint density at radius 1 is 1.28 bits per heavy atom. The third-order valence-corrected chi connectivity index (χ3v) is 7.58. The summed E-state index contributed by atoms with van der Waals surface area (Å²) in [4.78, 5) is 36.7. The van der Waals surface area contributed by atoms with Gasteiger partial charge in [-0.15, -0.1) is 0 Å². The van der Waals surface area contributed by atoms with E-state index in [0.29, 0.717) is 12.0 Å². The Morgan fingerprint density at radius 3 is 2.50 bits per heavy atom. The molecular weight excluding hydrogens is 412 g/mol. The minimum Gasteiger partial charge on any atom is -0.478 e. The van der Waals surface area contributed by atoms with E-state index in [1.54, 1.807) is 6.92 Å². The van der Waals surface area contributed by atoms with Crippen LogP contribution in [0.3, 0.4) is 0 Å². The summed E-state index contributed by atoms with van der Waals surface area (Å²) in [7, 11) is 0. The summed E-state index contributed by atoms with van der Waals surface area (Å²) in [6.07, 6.45) is 4.49. The maximum atomic E-state index is 13.4. The molecule has 0 amide bonds. The molecule has 0 saturated heterocycles. The molecule has 2 aliphatic rings. The first-order valence-electron chi connectivity index (χ1n) is 11.6. The summed E-state index contributed by atoms with van der Waals surface area (Å²) < 4.78 is 5.69. The molecule has 7 nitrogen and oxygen atoms in total. The van der Waals surface area contributed by atoms with Crippen LogP contribution in [0, 0.1) is 35.0 Å². The number of aliphatic hydroxyl groups excluding tert-OH is 2. The SMILES string of the molecule is CC[C@@H](C)[C@H]1C=C[C@H]2[C@H](OC(=O)C/C(C)=C\C(=O)O)[C@H](O)C[C@@H](C)[C@@H]2[C@@]1(C)C(=O)CCO. The lowest BCUT2D eigenvalue weighted by atomic mass is 9.49. The summed E-state index contributed by atoms with van der Waals surface area (Å²) >= 11 is 0. The third-order valence-electron chi connectivity index (χ3n) is 7.58. The van der Waals surface area contributed by atoms with Gasteiger partial charge in [0, 0.05) is 30.4 Å². The highest BCUT2D eigenvalue weighted by molar-refractivity contribution is 5.86. The van der Waals surface area contributed by atoms with Crippen molar-refractivity contribution in [2.45, 2.75) is 72.5 Å². The van der Waals surface area contributed by atoms with Crippen LogP contribution in [0.1, 0.15) is 60.3 Å². The maximum Gasteiger partial charge on any atom is 0.328 e. The fourth-order valence-electron chi connectivity index (χ4n) is 6.01. The van der Waals surface area contributed by atoms with Crippen LogP contribution >= 0.6 is 0 Å². The topological polar surface area (TPSA) is 121 Å². The second kappa shape index (κ2) is 10.8. The van der Waals surface area contributed by atoms with Crippen LogP contribution in [0.5, 0.6) is 0 Å². The van der Waals surface area contributed by atoms with Gasteiger partial charge in [0.1, 0.15) is 11.9 Å². The van der Waals surface area contributed by atoms with E-state index >= 15 is 0 Å². The van der Waals surface area contributed by atoms with Crippen LogP contribution in [0.25, 0.3) is 0 Å². The average Bonchev–Trinajstić information content (AvgIpc) is 2.69. The van der Waals surface area contributed by atoms with Gasteiger partial charge in [-0.2, -0.15) is 0 Å². The molecule has 0 bridgehead atoms. The summed E-state index contributed by atoms with van der Waals surface area (Å²) in [6.45, 7) is 9.53. The molecule has 7 heteroatoms. The molecule has 2 rings (SSSR count). The zero-order chi connectivity index (χ0) is 24.2. The van der Waals surface area contributed by atoms with E-state index in [1.165, 1.54) is 0 Å². The van der Waals surface area contributed by atoms with E-state index in [-0.39, 0.29) is 54.8 Å².